The van der Waals surface area contributed by atoms with Crippen molar-refractivity contribution >= 4 is 41.1 Å². The molecule has 3 atom stereocenters. The van der Waals surface area contributed by atoms with Crippen LogP contribution in [0.3, 0.4) is 0 Å². The number of hydrogen-bond acceptors (Lipinski definition) is 5. The van der Waals surface area contributed by atoms with Crippen LogP contribution in [0.4, 0.5) is 0 Å². The van der Waals surface area contributed by atoms with Gasteiger partial charge in [-0.3, -0.25) is 9.59 Å². The zero-order valence-corrected chi connectivity index (χ0v) is 12.7. The normalized spacial score (nSPS) is 34.4. The van der Waals surface area contributed by atoms with Crippen LogP contribution in [0.25, 0.3) is 0 Å². The predicted octanol–water partition coefficient (Wildman–Crippen LogP) is -0.169. The molecule has 2 heterocycles. The van der Waals surface area contributed by atoms with Crippen LogP contribution in [-0.2, 0) is 19.1 Å². The number of carboxylic acids is 1. The van der Waals surface area contributed by atoms with E-state index in [0.717, 1.165) is 0 Å². The average Bonchev–Trinajstić information content (AvgIpc) is 2.65. The Hall–Kier alpha value is -0.990. The molecule has 0 bridgehead atoms. The van der Waals surface area contributed by atoms with Crippen LogP contribution in [0, 0.1) is 0 Å². The molecular weight excluding hydrogens is 308 g/mol. The molecule has 0 spiro atoms. The summed E-state index contributed by atoms with van der Waals surface area (Å²) >= 11 is 6.71. The minimum atomic E-state index is -1.53. The maximum Gasteiger partial charge on any atom is 0.327 e. The molecule has 2 amide bonds. The molecule has 2 aliphatic heterocycles. The van der Waals surface area contributed by atoms with E-state index in [1.54, 1.807) is 13.8 Å². The van der Waals surface area contributed by atoms with Gasteiger partial charge >= 0.3 is 5.97 Å². The number of β-lactam (4-membered cyclic amide) rings is 1. The molecule has 2 aliphatic rings. The Bertz CT molecular complexity index is 485. The third-order valence-corrected chi connectivity index (χ3v) is 5.36. The largest absolute Gasteiger partial charge is 0.480 e. The summed E-state index contributed by atoms with van der Waals surface area (Å²) in [6.45, 7) is 3.48. The molecule has 0 aliphatic carbocycles. The number of methoxy groups -OCH3 is 1. The van der Waals surface area contributed by atoms with Gasteiger partial charge in [-0.2, -0.15) is 0 Å². The fourth-order valence-electron chi connectivity index (χ4n) is 2.62. The Morgan fingerprint density at radius 1 is 1.55 bits per heavy atom. The summed E-state index contributed by atoms with van der Waals surface area (Å²) in [7, 11) is 1.30. The van der Waals surface area contributed by atoms with E-state index in [4.69, 9.17) is 16.3 Å². The van der Waals surface area contributed by atoms with Crippen molar-refractivity contribution < 1.29 is 24.2 Å². The quantitative estimate of drug-likeness (QED) is 0.424. The van der Waals surface area contributed by atoms with Gasteiger partial charge in [0.15, 0.2) is 0 Å². The van der Waals surface area contributed by atoms with Crippen molar-refractivity contribution in [3.63, 3.8) is 0 Å². The molecule has 0 aromatic rings. The van der Waals surface area contributed by atoms with E-state index in [9.17, 15) is 19.5 Å². The Labute approximate surface area is 125 Å². The number of alkyl halides is 1. The molecular formula is C11H15ClN2O5S. The maximum absolute atomic E-state index is 12.3. The summed E-state index contributed by atoms with van der Waals surface area (Å²) in [4.78, 5) is 36.4. The molecule has 0 aromatic heterocycles. The van der Waals surface area contributed by atoms with E-state index < -0.39 is 39.7 Å². The van der Waals surface area contributed by atoms with Gasteiger partial charge in [-0.25, -0.2) is 4.79 Å². The predicted molar refractivity (Wildman–Crippen MR) is 72.3 cm³/mol. The zero-order valence-electron chi connectivity index (χ0n) is 11.2. The van der Waals surface area contributed by atoms with E-state index in [1.165, 1.54) is 23.8 Å². The Balaban J connectivity index is 2.33. The Morgan fingerprint density at radius 3 is 2.60 bits per heavy atom. The molecule has 2 saturated heterocycles. The van der Waals surface area contributed by atoms with Crippen molar-refractivity contribution in [2.45, 2.75) is 35.7 Å². The van der Waals surface area contributed by atoms with Gasteiger partial charge in [0.05, 0.1) is 0 Å². The lowest BCUT2D eigenvalue weighted by Gasteiger charge is -2.51. The monoisotopic (exact) mass is 322 g/mol. The third-order valence-electron chi connectivity index (χ3n) is 3.51. The number of nitrogens with one attached hydrogen (secondary N) is 1. The first kappa shape index (κ1) is 15.4. The van der Waals surface area contributed by atoms with Crippen LogP contribution in [0.15, 0.2) is 0 Å². The number of ether oxygens (including phenoxy) is 1. The molecule has 2 N–H and O–H groups in total. The zero-order chi connectivity index (χ0) is 15.3. The number of fused-ring (bicyclic) bond motifs is 1. The van der Waals surface area contributed by atoms with E-state index >= 15 is 0 Å². The molecule has 0 radical (unpaired) electrons. The Kier molecular flexibility index (Phi) is 3.68. The summed E-state index contributed by atoms with van der Waals surface area (Å²) in [5.74, 6) is -2.49. The first-order valence-corrected chi connectivity index (χ1v) is 7.28. The van der Waals surface area contributed by atoms with Gasteiger partial charge in [0.2, 0.25) is 5.91 Å². The van der Waals surface area contributed by atoms with Crippen LogP contribution in [-0.4, -0.2) is 62.7 Å². The second kappa shape index (κ2) is 4.78. The second-order valence-corrected chi connectivity index (χ2v) is 7.15. The first-order valence-electron chi connectivity index (χ1n) is 5.87. The minimum Gasteiger partial charge on any atom is -0.480 e. The van der Waals surface area contributed by atoms with Crippen molar-refractivity contribution in [1.29, 1.82) is 0 Å². The second-order valence-electron chi connectivity index (χ2n) is 5.15. The van der Waals surface area contributed by atoms with Gasteiger partial charge in [0.25, 0.3) is 11.6 Å². The highest BCUT2D eigenvalue weighted by Gasteiger charge is 2.73. The molecule has 7 nitrogen and oxygen atoms in total. The van der Waals surface area contributed by atoms with Crippen molar-refractivity contribution in [1.82, 2.24) is 10.2 Å². The first-order chi connectivity index (χ1) is 9.21. The summed E-state index contributed by atoms with van der Waals surface area (Å²) < 4.78 is 4.52. The van der Waals surface area contributed by atoms with Crippen LogP contribution >= 0.6 is 23.4 Å². The standard InChI is InChI=1S/C11H15ClN2O5S/c1-10(2)6(7(16)17)14-8(18)11(19-3,9(14)20-10)13-5(15)4-12/h6,9H,4H2,1-3H3,(H,13,15)(H,16,17)/t6-,9+,11-/m0/s1. The summed E-state index contributed by atoms with van der Waals surface area (Å²) in [5.41, 5.74) is -1.53. The van der Waals surface area contributed by atoms with Crippen LogP contribution < -0.4 is 5.32 Å². The molecule has 20 heavy (non-hydrogen) atoms. The van der Waals surface area contributed by atoms with Gasteiger partial charge in [0.1, 0.15) is 17.3 Å². The van der Waals surface area contributed by atoms with Gasteiger partial charge in [-0.05, 0) is 13.8 Å². The molecule has 9 heteroatoms. The summed E-state index contributed by atoms with van der Waals surface area (Å²) in [5, 5.41) is 11.2. The maximum atomic E-state index is 12.3. The topological polar surface area (TPSA) is 95.9 Å². The van der Waals surface area contributed by atoms with Crippen LogP contribution in [0.2, 0.25) is 0 Å². The molecule has 2 fully saturated rings. The molecule has 0 unspecified atom stereocenters. The lowest BCUT2D eigenvalue weighted by Crippen LogP contribution is -2.80. The number of carbonyl (C=O) groups excluding carboxylic acids is 2. The molecule has 0 aromatic carbocycles. The van der Waals surface area contributed by atoms with E-state index in [0.29, 0.717) is 0 Å². The summed E-state index contributed by atoms with van der Waals surface area (Å²) in [6, 6.07) is -0.957. The third kappa shape index (κ3) is 1.89. The lowest BCUT2D eigenvalue weighted by molar-refractivity contribution is -0.200. The lowest BCUT2D eigenvalue weighted by atomic mass is 9.93. The number of thioether (sulfide) groups is 1. The number of amides is 2. The fourth-order valence-corrected chi connectivity index (χ4v) is 4.36. The number of hydrogen-bond donors (Lipinski definition) is 2. The smallest absolute Gasteiger partial charge is 0.327 e. The Morgan fingerprint density at radius 2 is 2.15 bits per heavy atom. The average molecular weight is 323 g/mol. The summed E-state index contributed by atoms with van der Waals surface area (Å²) in [6.07, 6.45) is 0. The molecule has 2 rings (SSSR count). The highest BCUT2D eigenvalue weighted by molar-refractivity contribution is 8.01. The van der Waals surface area contributed by atoms with E-state index in [2.05, 4.69) is 5.32 Å². The van der Waals surface area contributed by atoms with Gasteiger partial charge < -0.3 is 20.1 Å². The van der Waals surface area contributed by atoms with Gasteiger partial charge in [0, 0.05) is 11.9 Å². The number of nitrogens with zero attached hydrogens (tertiary/aromatic N) is 1. The van der Waals surface area contributed by atoms with Crippen molar-refractivity contribution in [3.05, 3.63) is 0 Å². The van der Waals surface area contributed by atoms with Crippen molar-refractivity contribution in [3.8, 4) is 0 Å². The fraction of sp³-hybridized carbons (Fsp3) is 0.727. The minimum absolute atomic E-state index is 0.304. The van der Waals surface area contributed by atoms with Crippen molar-refractivity contribution in [2.75, 3.05) is 13.0 Å². The van der Waals surface area contributed by atoms with Crippen molar-refractivity contribution in [2.24, 2.45) is 0 Å². The van der Waals surface area contributed by atoms with E-state index in [1.807, 2.05) is 0 Å². The SMILES string of the molecule is CO[C@@]1(NC(=O)CCl)C(=O)N2[C@@H](C(=O)O)C(C)(C)S[C@@H]21. The highest BCUT2D eigenvalue weighted by atomic mass is 35.5. The number of carboxylic acid groups (broad SMARTS) is 1. The highest BCUT2D eigenvalue weighted by Crippen LogP contribution is 2.54. The number of aliphatic carboxylic acids is 1. The van der Waals surface area contributed by atoms with Gasteiger partial charge in [-0.1, -0.05) is 0 Å². The van der Waals surface area contributed by atoms with Gasteiger partial charge in [-0.15, -0.1) is 23.4 Å². The molecule has 112 valence electrons. The number of carbonyl (C=O) groups is 3. The number of halogens is 1. The number of rotatable bonds is 4. The van der Waals surface area contributed by atoms with Crippen LogP contribution in [0.1, 0.15) is 13.8 Å². The van der Waals surface area contributed by atoms with E-state index in [-0.39, 0.29) is 5.88 Å². The van der Waals surface area contributed by atoms with Crippen LogP contribution in [0.5, 0.6) is 0 Å². The molecule has 0 saturated carbocycles.